The second-order valence-electron chi connectivity index (χ2n) is 6.67. The van der Waals surface area contributed by atoms with E-state index in [1.165, 1.54) is 11.1 Å². The van der Waals surface area contributed by atoms with Crippen molar-refractivity contribution in [3.05, 3.63) is 59.9 Å². The molecule has 124 valence electrons. The van der Waals surface area contributed by atoms with Gasteiger partial charge in [-0.3, -0.25) is 5.10 Å². The summed E-state index contributed by atoms with van der Waals surface area (Å²) < 4.78 is 0. The zero-order valence-electron chi connectivity index (χ0n) is 13.8. The van der Waals surface area contributed by atoms with Crippen molar-refractivity contribution in [3.8, 4) is 0 Å². The zero-order chi connectivity index (χ0) is 16.5. The number of nitrogens with one attached hydrogen (secondary N) is 2. The molecule has 4 rings (SSSR count). The Balaban J connectivity index is 1.49. The molecular formula is C19H22N4O. The highest BCUT2D eigenvalue weighted by molar-refractivity contribution is 5.79. The predicted molar refractivity (Wildman–Crippen MR) is 93.2 cm³/mol. The highest BCUT2D eigenvalue weighted by Crippen LogP contribution is 2.38. The number of urea groups is 1. The number of benzene rings is 1. The maximum Gasteiger partial charge on any atom is 0.318 e. The number of carbonyl (C=O) groups is 1. The van der Waals surface area contributed by atoms with Crippen LogP contribution in [-0.4, -0.2) is 33.2 Å². The van der Waals surface area contributed by atoms with E-state index in [1.807, 2.05) is 24.1 Å². The van der Waals surface area contributed by atoms with Gasteiger partial charge < -0.3 is 10.2 Å². The zero-order valence-corrected chi connectivity index (χ0v) is 13.8. The molecule has 1 aromatic carbocycles. The molecule has 1 saturated heterocycles. The molecule has 0 spiro atoms. The number of hydrogen-bond donors (Lipinski definition) is 2. The molecule has 2 bridgehead atoms. The first-order valence-electron chi connectivity index (χ1n) is 8.56. The van der Waals surface area contributed by atoms with Gasteiger partial charge in [-0.1, -0.05) is 36.4 Å². The quantitative estimate of drug-likeness (QED) is 0.908. The maximum absolute atomic E-state index is 12.8. The molecule has 1 aromatic heterocycles. The number of nitrogens with zero attached hydrogens (tertiary/aromatic N) is 2. The van der Waals surface area contributed by atoms with Gasteiger partial charge >= 0.3 is 6.03 Å². The van der Waals surface area contributed by atoms with Crippen LogP contribution >= 0.6 is 0 Å². The minimum atomic E-state index is -0.0462. The Morgan fingerprint density at radius 1 is 1.33 bits per heavy atom. The molecule has 0 aliphatic carbocycles. The number of fused-ring (bicyclic) bond motifs is 2. The van der Waals surface area contributed by atoms with Crippen molar-refractivity contribution in [2.75, 3.05) is 0 Å². The van der Waals surface area contributed by atoms with Gasteiger partial charge in [0.25, 0.3) is 0 Å². The molecule has 3 heterocycles. The molecule has 5 nitrogen and oxygen atoms in total. The number of rotatable bonds is 3. The van der Waals surface area contributed by atoms with Gasteiger partial charge in [-0.25, -0.2) is 4.79 Å². The Bertz CT molecular complexity index is 738. The molecular weight excluding hydrogens is 300 g/mol. The Morgan fingerprint density at radius 3 is 2.88 bits per heavy atom. The van der Waals surface area contributed by atoms with E-state index in [1.54, 1.807) is 6.20 Å². The lowest BCUT2D eigenvalue weighted by Gasteiger charge is -2.35. The van der Waals surface area contributed by atoms with Crippen LogP contribution in [0.15, 0.2) is 48.8 Å². The van der Waals surface area contributed by atoms with Crippen LogP contribution in [0.5, 0.6) is 0 Å². The van der Waals surface area contributed by atoms with Crippen molar-refractivity contribution in [3.63, 3.8) is 0 Å². The Kier molecular flexibility index (Phi) is 3.84. The molecule has 2 aliphatic rings. The van der Waals surface area contributed by atoms with Gasteiger partial charge in [0.2, 0.25) is 0 Å². The molecule has 0 saturated carbocycles. The van der Waals surface area contributed by atoms with Crippen LogP contribution in [0, 0.1) is 0 Å². The molecule has 5 heteroatoms. The third-order valence-corrected chi connectivity index (χ3v) is 5.13. The summed E-state index contributed by atoms with van der Waals surface area (Å²) in [4.78, 5) is 14.8. The fraction of sp³-hybridized carbons (Fsp3) is 0.368. The Labute approximate surface area is 141 Å². The van der Waals surface area contributed by atoms with Gasteiger partial charge in [-0.2, -0.15) is 5.10 Å². The SMILES string of the molecule is C[C@H](NC(=O)N1[C@@H]2CC[C@@H]1C=C(c1ccccc1)C2)c1cn[nH]c1. The summed E-state index contributed by atoms with van der Waals surface area (Å²) in [6, 6.07) is 11.0. The van der Waals surface area contributed by atoms with E-state index in [-0.39, 0.29) is 18.1 Å². The van der Waals surface area contributed by atoms with Crippen molar-refractivity contribution < 1.29 is 4.79 Å². The molecule has 2 amide bonds. The van der Waals surface area contributed by atoms with Gasteiger partial charge in [0.05, 0.1) is 18.3 Å². The largest absolute Gasteiger partial charge is 0.331 e. The summed E-state index contributed by atoms with van der Waals surface area (Å²) in [5.41, 5.74) is 3.64. The summed E-state index contributed by atoms with van der Waals surface area (Å²) in [6.45, 7) is 1.99. The summed E-state index contributed by atoms with van der Waals surface area (Å²) >= 11 is 0. The van der Waals surface area contributed by atoms with Gasteiger partial charge in [0.15, 0.2) is 0 Å². The van der Waals surface area contributed by atoms with Crippen molar-refractivity contribution >= 4 is 11.6 Å². The highest BCUT2D eigenvalue weighted by atomic mass is 16.2. The van der Waals surface area contributed by atoms with Crippen molar-refractivity contribution in [1.82, 2.24) is 20.4 Å². The van der Waals surface area contributed by atoms with Crippen molar-refractivity contribution in [2.24, 2.45) is 0 Å². The smallest absolute Gasteiger partial charge is 0.318 e. The molecule has 0 unspecified atom stereocenters. The van der Waals surface area contributed by atoms with Gasteiger partial charge in [0, 0.05) is 17.8 Å². The number of amides is 2. The second kappa shape index (κ2) is 6.15. The van der Waals surface area contributed by atoms with Crippen molar-refractivity contribution in [2.45, 2.75) is 44.3 Å². The minimum absolute atomic E-state index is 0.0274. The fourth-order valence-corrected chi connectivity index (χ4v) is 3.85. The minimum Gasteiger partial charge on any atom is -0.331 e. The highest BCUT2D eigenvalue weighted by Gasteiger charge is 2.40. The van der Waals surface area contributed by atoms with E-state index >= 15 is 0 Å². The van der Waals surface area contributed by atoms with Gasteiger partial charge in [0.1, 0.15) is 0 Å². The van der Waals surface area contributed by atoms with Crippen LogP contribution in [0.2, 0.25) is 0 Å². The summed E-state index contributed by atoms with van der Waals surface area (Å²) in [5.74, 6) is 0. The Hall–Kier alpha value is -2.56. The first-order valence-corrected chi connectivity index (χ1v) is 8.56. The molecule has 3 atom stereocenters. The fourth-order valence-electron chi connectivity index (χ4n) is 3.85. The third-order valence-electron chi connectivity index (χ3n) is 5.13. The normalized spacial score (nSPS) is 23.7. The molecule has 1 fully saturated rings. The standard InChI is InChI=1S/C19H22N4O/c1-13(16-11-20-21-12-16)22-19(24)23-17-7-8-18(23)10-15(9-17)14-5-3-2-4-6-14/h2-6,9,11-13,17-18H,7-8,10H2,1H3,(H,20,21)(H,22,24)/t13-,17+,18+/m0/s1. The number of H-pyrrole nitrogens is 1. The number of aromatic nitrogens is 2. The molecule has 2 aromatic rings. The first-order chi connectivity index (χ1) is 11.7. The summed E-state index contributed by atoms with van der Waals surface area (Å²) in [5, 5.41) is 9.85. The van der Waals surface area contributed by atoms with Crippen LogP contribution in [-0.2, 0) is 0 Å². The predicted octanol–water partition coefficient (Wildman–Crippen LogP) is 3.50. The third kappa shape index (κ3) is 2.70. The number of aromatic amines is 1. The van der Waals surface area contributed by atoms with Crippen LogP contribution in [0.1, 0.15) is 43.4 Å². The molecule has 2 N–H and O–H groups in total. The lowest BCUT2D eigenvalue weighted by Crippen LogP contribution is -2.48. The van der Waals surface area contributed by atoms with Gasteiger partial charge in [-0.15, -0.1) is 0 Å². The monoisotopic (exact) mass is 322 g/mol. The van der Waals surface area contributed by atoms with E-state index < -0.39 is 0 Å². The van der Waals surface area contributed by atoms with Crippen LogP contribution in [0.4, 0.5) is 4.79 Å². The molecule has 2 aliphatic heterocycles. The van der Waals surface area contributed by atoms with Crippen LogP contribution in [0.25, 0.3) is 5.57 Å². The lowest BCUT2D eigenvalue weighted by molar-refractivity contribution is 0.176. The number of hydrogen-bond acceptors (Lipinski definition) is 2. The first kappa shape index (κ1) is 15.0. The van der Waals surface area contributed by atoms with E-state index in [9.17, 15) is 4.79 Å². The van der Waals surface area contributed by atoms with E-state index in [0.29, 0.717) is 6.04 Å². The van der Waals surface area contributed by atoms with E-state index in [0.717, 1.165) is 24.8 Å². The molecule has 0 radical (unpaired) electrons. The maximum atomic E-state index is 12.8. The summed E-state index contributed by atoms with van der Waals surface area (Å²) in [7, 11) is 0. The van der Waals surface area contributed by atoms with Crippen LogP contribution in [0.3, 0.4) is 0 Å². The van der Waals surface area contributed by atoms with E-state index in [2.05, 4.69) is 45.9 Å². The topological polar surface area (TPSA) is 61.0 Å². The number of carbonyl (C=O) groups excluding carboxylic acids is 1. The van der Waals surface area contributed by atoms with Crippen LogP contribution < -0.4 is 5.32 Å². The average Bonchev–Trinajstić information content (AvgIpc) is 3.22. The average molecular weight is 322 g/mol. The Morgan fingerprint density at radius 2 is 2.17 bits per heavy atom. The summed E-state index contributed by atoms with van der Waals surface area (Å²) in [6.07, 6.45) is 8.92. The second-order valence-corrected chi connectivity index (χ2v) is 6.67. The van der Waals surface area contributed by atoms with Crippen molar-refractivity contribution in [1.29, 1.82) is 0 Å². The lowest BCUT2D eigenvalue weighted by atomic mass is 9.95. The van der Waals surface area contributed by atoms with Gasteiger partial charge in [-0.05, 0) is 37.3 Å². The molecule has 24 heavy (non-hydrogen) atoms. The van der Waals surface area contributed by atoms with E-state index in [4.69, 9.17) is 0 Å².